The number of thiazole rings is 1. The van der Waals surface area contributed by atoms with Gasteiger partial charge in [0.15, 0.2) is 5.82 Å². The van der Waals surface area contributed by atoms with Crippen LogP contribution in [-0.2, 0) is 0 Å². The molecule has 0 spiro atoms. The van der Waals surface area contributed by atoms with Gasteiger partial charge in [-0.3, -0.25) is 5.32 Å². The van der Waals surface area contributed by atoms with Crippen molar-refractivity contribution in [3.8, 4) is 22.8 Å². The van der Waals surface area contributed by atoms with Crippen molar-refractivity contribution in [3.05, 3.63) is 96.4 Å². The minimum Gasteiger partial charge on any atom is -0.406 e. The Balaban J connectivity index is 1.41. The fourth-order valence-corrected chi connectivity index (χ4v) is 4.51. The molecule has 206 valence electrons. The quantitative estimate of drug-likeness (QED) is 0.201. The minimum atomic E-state index is -4.76. The van der Waals surface area contributed by atoms with E-state index in [1.54, 1.807) is 35.9 Å². The van der Waals surface area contributed by atoms with Crippen LogP contribution in [-0.4, -0.2) is 32.1 Å². The lowest BCUT2D eigenvalue weighted by atomic mass is 10.00. The van der Waals surface area contributed by atoms with E-state index in [-0.39, 0.29) is 5.75 Å². The first-order valence-electron chi connectivity index (χ1n) is 12.1. The Kier molecular flexibility index (Phi) is 8.80. The molecule has 2 aromatic heterocycles. The topological polar surface area (TPSA) is 94.0 Å². The maximum Gasteiger partial charge on any atom is 0.573 e. The van der Waals surface area contributed by atoms with Gasteiger partial charge in [0.25, 0.3) is 0 Å². The van der Waals surface area contributed by atoms with E-state index in [4.69, 9.17) is 0 Å². The molecule has 0 radical (unpaired) electrons. The summed E-state index contributed by atoms with van der Waals surface area (Å²) in [5.41, 5.74) is 6.09. The van der Waals surface area contributed by atoms with Crippen LogP contribution in [0, 0.1) is 0 Å². The molecule has 2 heterocycles. The van der Waals surface area contributed by atoms with Gasteiger partial charge in [0.05, 0.1) is 11.2 Å². The number of nitrogens with zero attached hydrogens (tertiary/aromatic N) is 4. The van der Waals surface area contributed by atoms with Crippen molar-refractivity contribution >= 4 is 33.6 Å². The summed E-state index contributed by atoms with van der Waals surface area (Å²) in [4.78, 5) is 21.5. The average molecular weight is 567 g/mol. The Morgan fingerprint density at radius 2 is 1.82 bits per heavy atom. The maximum absolute atomic E-state index is 12.7. The van der Waals surface area contributed by atoms with Crippen molar-refractivity contribution in [3.63, 3.8) is 0 Å². The number of carbonyl (C=O) groups is 1. The van der Waals surface area contributed by atoms with Gasteiger partial charge in [0.2, 0.25) is 0 Å². The standard InChI is InChI=1S/C28H25F3N6O2S/c1-4-7-23(18(5-2)6-3)24-26(40-17-33-24)35-27(38)34-20-10-8-19(9-11-20)25-32-16-37(36-25)21-12-14-22(15-13-21)39-28(29,30)31/h4-5,7-17H,1,6H2,2-3H3,(H2,34,35,38)/b18-5-,23-7+. The van der Waals surface area contributed by atoms with Gasteiger partial charge in [-0.2, -0.15) is 0 Å². The first kappa shape index (κ1) is 28.3. The normalized spacial score (nSPS) is 12.2. The number of benzene rings is 2. The Hall–Kier alpha value is -4.71. The molecule has 0 atom stereocenters. The molecule has 4 rings (SSSR count). The second-order valence-electron chi connectivity index (χ2n) is 8.22. The number of urea groups is 1. The molecule has 8 nitrogen and oxygen atoms in total. The number of aromatic nitrogens is 4. The zero-order chi connectivity index (χ0) is 28.7. The maximum atomic E-state index is 12.7. The second kappa shape index (κ2) is 12.4. The van der Waals surface area contributed by atoms with Crippen LogP contribution in [0.5, 0.6) is 5.75 Å². The van der Waals surface area contributed by atoms with Crippen molar-refractivity contribution < 1.29 is 22.7 Å². The number of allylic oxidation sites excluding steroid dienone is 5. The van der Waals surface area contributed by atoms with Gasteiger partial charge in [0, 0.05) is 16.8 Å². The minimum absolute atomic E-state index is 0.326. The van der Waals surface area contributed by atoms with E-state index in [0.29, 0.717) is 33.5 Å². The van der Waals surface area contributed by atoms with Gasteiger partial charge >= 0.3 is 12.4 Å². The molecule has 0 aliphatic heterocycles. The number of hydrogen-bond acceptors (Lipinski definition) is 6. The molecule has 0 fully saturated rings. The molecule has 0 saturated carbocycles. The summed E-state index contributed by atoms with van der Waals surface area (Å²) < 4.78 is 42.5. The smallest absolute Gasteiger partial charge is 0.406 e. The van der Waals surface area contributed by atoms with E-state index in [9.17, 15) is 18.0 Å². The number of halogens is 3. The van der Waals surface area contributed by atoms with Crippen molar-refractivity contribution in [2.24, 2.45) is 0 Å². The third-order valence-electron chi connectivity index (χ3n) is 5.64. The monoisotopic (exact) mass is 566 g/mol. The summed E-state index contributed by atoms with van der Waals surface area (Å²) in [7, 11) is 0. The van der Waals surface area contributed by atoms with E-state index in [0.717, 1.165) is 17.6 Å². The van der Waals surface area contributed by atoms with Crippen molar-refractivity contribution in [1.82, 2.24) is 19.7 Å². The van der Waals surface area contributed by atoms with E-state index in [1.165, 1.54) is 46.6 Å². The van der Waals surface area contributed by atoms with Crippen LogP contribution in [0.25, 0.3) is 22.6 Å². The molecule has 4 aromatic rings. The Morgan fingerprint density at radius 3 is 2.45 bits per heavy atom. The number of ether oxygens (including phenoxy) is 1. The van der Waals surface area contributed by atoms with Crippen LogP contribution in [0.1, 0.15) is 26.0 Å². The molecule has 0 saturated heterocycles. The summed E-state index contributed by atoms with van der Waals surface area (Å²) in [6, 6.07) is 11.8. The van der Waals surface area contributed by atoms with Crippen LogP contribution in [0.2, 0.25) is 0 Å². The summed E-state index contributed by atoms with van der Waals surface area (Å²) in [6.45, 7) is 7.80. The lowest BCUT2D eigenvalue weighted by molar-refractivity contribution is -0.274. The highest BCUT2D eigenvalue weighted by molar-refractivity contribution is 7.14. The average Bonchev–Trinajstić information content (AvgIpc) is 3.59. The predicted octanol–water partition coefficient (Wildman–Crippen LogP) is 7.86. The SMILES string of the molecule is C=C/C=C(\C(=C/C)CC)c1ncsc1NC(=O)Nc1ccc(-c2ncn(-c3ccc(OC(F)(F)F)cc3)n2)cc1. The third kappa shape index (κ3) is 7.03. The van der Waals surface area contributed by atoms with Gasteiger partial charge in [0.1, 0.15) is 22.8 Å². The Labute approximate surface area is 232 Å². The highest BCUT2D eigenvalue weighted by Crippen LogP contribution is 2.33. The lowest BCUT2D eigenvalue weighted by Gasteiger charge is -2.11. The van der Waals surface area contributed by atoms with Crippen molar-refractivity contribution in [1.29, 1.82) is 0 Å². The highest BCUT2D eigenvalue weighted by atomic mass is 32.1. The molecular formula is C28H25F3N6O2S. The van der Waals surface area contributed by atoms with Crippen LogP contribution in [0.4, 0.5) is 28.7 Å². The number of carbonyl (C=O) groups excluding carboxylic acids is 1. The molecule has 2 N–H and O–H groups in total. The summed E-state index contributed by atoms with van der Waals surface area (Å²) in [5.74, 6) is 0.0746. The van der Waals surface area contributed by atoms with E-state index in [2.05, 4.69) is 43.9 Å². The zero-order valence-electron chi connectivity index (χ0n) is 21.6. The highest BCUT2D eigenvalue weighted by Gasteiger charge is 2.31. The van der Waals surface area contributed by atoms with Crippen molar-refractivity contribution in [2.75, 3.05) is 10.6 Å². The molecule has 2 amide bonds. The van der Waals surface area contributed by atoms with Gasteiger partial charge in [-0.05, 0) is 67.4 Å². The molecule has 0 aliphatic carbocycles. The molecule has 0 bridgehead atoms. The van der Waals surface area contributed by atoms with E-state index in [1.807, 2.05) is 19.1 Å². The number of hydrogen-bond donors (Lipinski definition) is 2. The predicted molar refractivity (Wildman–Crippen MR) is 150 cm³/mol. The number of rotatable bonds is 9. The van der Waals surface area contributed by atoms with Gasteiger partial charge in [-0.15, -0.1) is 29.6 Å². The van der Waals surface area contributed by atoms with Gasteiger partial charge < -0.3 is 10.1 Å². The fourth-order valence-electron chi connectivity index (χ4n) is 3.82. The van der Waals surface area contributed by atoms with Crippen molar-refractivity contribution in [2.45, 2.75) is 26.6 Å². The molecule has 40 heavy (non-hydrogen) atoms. The number of nitrogens with one attached hydrogen (secondary N) is 2. The van der Waals surface area contributed by atoms with E-state index < -0.39 is 12.4 Å². The summed E-state index contributed by atoms with van der Waals surface area (Å²) in [5, 5.41) is 10.7. The number of amides is 2. The van der Waals surface area contributed by atoms with Gasteiger partial charge in [-0.1, -0.05) is 31.7 Å². The van der Waals surface area contributed by atoms with Crippen LogP contribution >= 0.6 is 11.3 Å². The summed E-state index contributed by atoms with van der Waals surface area (Å²) >= 11 is 1.32. The molecule has 12 heteroatoms. The third-order valence-corrected chi connectivity index (χ3v) is 6.38. The fraction of sp³-hybridized carbons (Fsp3) is 0.143. The number of anilines is 2. The Morgan fingerprint density at radius 1 is 1.10 bits per heavy atom. The van der Waals surface area contributed by atoms with E-state index >= 15 is 0 Å². The number of alkyl halides is 3. The van der Waals surface area contributed by atoms with Gasteiger partial charge in [-0.25, -0.2) is 19.4 Å². The molecule has 0 unspecified atom stereocenters. The molecule has 0 aliphatic rings. The van der Waals surface area contributed by atoms with Crippen LogP contribution in [0.15, 0.2) is 90.7 Å². The zero-order valence-corrected chi connectivity index (χ0v) is 22.4. The second-order valence-corrected chi connectivity index (χ2v) is 9.08. The first-order valence-corrected chi connectivity index (χ1v) is 13.0. The molecule has 2 aromatic carbocycles. The first-order chi connectivity index (χ1) is 19.2. The summed E-state index contributed by atoms with van der Waals surface area (Å²) in [6.07, 6.45) is 3.09. The largest absolute Gasteiger partial charge is 0.573 e. The van der Waals surface area contributed by atoms with Crippen LogP contribution < -0.4 is 15.4 Å². The molecular weight excluding hydrogens is 541 g/mol. The lowest BCUT2D eigenvalue weighted by Crippen LogP contribution is -2.19. The Bertz CT molecular complexity index is 1540. The van der Waals surface area contributed by atoms with Crippen LogP contribution in [0.3, 0.4) is 0 Å².